The van der Waals surface area contributed by atoms with Gasteiger partial charge in [-0.15, -0.1) is 0 Å². The summed E-state index contributed by atoms with van der Waals surface area (Å²) in [6, 6.07) is -1.29. The van der Waals surface area contributed by atoms with Crippen LogP contribution >= 0.6 is 0 Å². The van der Waals surface area contributed by atoms with Crippen LogP contribution < -0.4 is 5.32 Å². The fourth-order valence-electron chi connectivity index (χ4n) is 3.27. The van der Waals surface area contributed by atoms with Crippen LogP contribution in [0.4, 0.5) is 0 Å². The Morgan fingerprint density at radius 3 is 2.23 bits per heavy atom. The molecule has 0 spiro atoms. The number of amides is 2. The first-order valence-corrected chi connectivity index (χ1v) is 9.45. The molecule has 162 valence electrons. The lowest BCUT2D eigenvalue weighted by Crippen LogP contribution is -2.55. The summed E-state index contributed by atoms with van der Waals surface area (Å²) in [5.41, 5.74) is 7.89. The quantitative estimate of drug-likeness (QED) is 0.130. The summed E-state index contributed by atoms with van der Waals surface area (Å²) in [6.45, 7) is 3.57. The highest BCUT2D eigenvalue weighted by molar-refractivity contribution is 6.62. The Hall–Kier alpha value is -3.40. The lowest BCUT2D eigenvalue weighted by atomic mass is 9.98. The summed E-state index contributed by atoms with van der Waals surface area (Å²) in [5.74, 6) is -2.66. The van der Waals surface area contributed by atoms with E-state index in [1.807, 2.05) is 0 Å². The Morgan fingerprint density at radius 2 is 1.73 bits per heavy atom. The van der Waals surface area contributed by atoms with Crippen molar-refractivity contribution in [2.24, 2.45) is 0 Å². The van der Waals surface area contributed by atoms with Crippen LogP contribution in [-0.4, -0.2) is 82.1 Å². The highest BCUT2D eigenvalue weighted by Crippen LogP contribution is 2.33. The van der Waals surface area contributed by atoms with Crippen molar-refractivity contribution in [1.82, 2.24) is 10.2 Å². The number of β-lactam (4-membered cyclic amide) rings is 2. The molecule has 0 radical (unpaired) electrons. The normalized spacial score (nSPS) is 23.5. The van der Waals surface area contributed by atoms with Gasteiger partial charge in [0.25, 0.3) is 5.78 Å². The number of hydrogen-bond acceptors (Lipinski definition) is 8. The lowest BCUT2D eigenvalue weighted by molar-refractivity contribution is -0.161. The molecule has 3 aliphatic rings. The van der Waals surface area contributed by atoms with Crippen molar-refractivity contribution in [3.05, 3.63) is 5.53 Å². The number of Topliss-reactive ketones (excluding diaryl/α,β-unsaturated/α-hetero) is 2. The number of nitrogens with zero attached hydrogens (tertiary/aromatic N) is 3. The van der Waals surface area contributed by atoms with Gasteiger partial charge in [0.05, 0.1) is 13.2 Å². The molecule has 3 aliphatic heterocycles. The van der Waals surface area contributed by atoms with Gasteiger partial charge in [0.15, 0.2) is 11.8 Å². The van der Waals surface area contributed by atoms with E-state index in [2.05, 4.69) is 14.8 Å². The number of fused-ring (bicyclic) bond motifs is 1. The molecule has 1 N–H and O–H groups in total. The Labute approximate surface area is 171 Å². The minimum atomic E-state index is -0.958. The first-order valence-electron chi connectivity index (χ1n) is 9.45. The Balaban J connectivity index is 0.000000215. The van der Waals surface area contributed by atoms with Crippen molar-refractivity contribution >= 4 is 41.0 Å². The largest absolute Gasteiger partial charge is 0.464 e. The van der Waals surface area contributed by atoms with E-state index >= 15 is 0 Å². The average Bonchev–Trinajstić information content (AvgIpc) is 2.92. The van der Waals surface area contributed by atoms with Gasteiger partial charge in [-0.05, 0) is 13.8 Å². The van der Waals surface area contributed by atoms with Gasteiger partial charge in [-0.1, -0.05) is 0 Å². The zero-order valence-corrected chi connectivity index (χ0v) is 16.6. The van der Waals surface area contributed by atoms with Gasteiger partial charge in [0, 0.05) is 37.8 Å². The van der Waals surface area contributed by atoms with E-state index in [0.29, 0.717) is 12.8 Å². The Morgan fingerprint density at radius 1 is 1.10 bits per heavy atom. The van der Waals surface area contributed by atoms with E-state index in [4.69, 9.17) is 10.3 Å². The molecule has 0 saturated carbocycles. The molecule has 2 amide bonds. The van der Waals surface area contributed by atoms with Crippen molar-refractivity contribution in [2.75, 3.05) is 13.2 Å². The summed E-state index contributed by atoms with van der Waals surface area (Å²) in [7, 11) is 0. The summed E-state index contributed by atoms with van der Waals surface area (Å²) in [5, 5.41) is 2.48. The molecular weight excluding hydrogens is 400 g/mol. The maximum atomic E-state index is 11.5. The minimum absolute atomic E-state index is 0.0515. The molecule has 0 aromatic rings. The standard InChI is InChI=1S/C9H11N3O4.C9H11NO4/c1-2-16-9(15)8(12-10)6(13)3-5-4-7(14)11-5;1-2-14-9(13)8-6(11)3-5-4-7(12)10(5)8/h5H,2-4H2,1H3,(H,11,14);5,8H,2-4H2,1H3. The molecule has 3 unspecified atom stereocenters. The fraction of sp³-hybridized carbons (Fsp3) is 0.611. The van der Waals surface area contributed by atoms with Crippen LogP contribution in [0.1, 0.15) is 39.5 Å². The molecular formula is C18H22N4O8. The maximum Gasteiger partial charge on any atom is 0.441 e. The first-order chi connectivity index (χ1) is 14.2. The van der Waals surface area contributed by atoms with Crippen molar-refractivity contribution in [3.8, 4) is 0 Å². The number of rotatable bonds is 7. The number of ketones is 2. The minimum Gasteiger partial charge on any atom is -0.464 e. The highest BCUT2D eigenvalue weighted by atomic mass is 16.5. The third-order valence-electron chi connectivity index (χ3n) is 4.68. The van der Waals surface area contributed by atoms with Crippen LogP contribution in [0.3, 0.4) is 0 Å². The number of ether oxygens (including phenoxy) is 2. The van der Waals surface area contributed by atoms with Crippen molar-refractivity contribution in [1.29, 1.82) is 0 Å². The van der Waals surface area contributed by atoms with Crippen molar-refractivity contribution < 1.29 is 43.0 Å². The molecule has 0 bridgehead atoms. The monoisotopic (exact) mass is 422 g/mol. The second-order valence-corrected chi connectivity index (χ2v) is 6.75. The molecule has 12 nitrogen and oxygen atoms in total. The Kier molecular flexibility index (Phi) is 7.54. The van der Waals surface area contributed by atoms with Gasteiger partial charge in [0.2, 0.25) is 11.8 Å². The van der Waals surface area contributed by atoms with Gasteiger partial charge >= 0.3 is 17.7 Å². The lowest BCUT2D eigenvalue weighted by Gasteiger charge is -2.36. The van der Waals surface area contributed by atoms with Crippen LogP contribution in [0.5, 0.6) is 0 Å². The van der Waals surface area contributed by atoms with E-state index in [9.17, 15) is 28.8 Å². The average molecular weight is 422 g/mol. The summed E-state index contributed by atoms with van der Waals surface area (Å²) < 4.78 is 9.28. The molecule has 3 atom stereocenters. The topological polar surface area (TPSA) is 173 Å². The van der Waals surface area contributed by atoms with E-state index < -0.39 is 29.5 Å². The van der Waals surface area contributed by atoms with Crippen molar-refractivity contribution in [2.45, 2.75) is 57.7 Å². The number of hydrogen-bond donors (Lipinski definition) is 1. The third kappa shape index (κ3) is 4.95. The number of nitrogens with one attached hydrogen (secondary N) is 1. The zero-order valence-electron chi connectivity index (χ0n) is 16.6. The van der Waals surface area contributed by atoms with Gasteiger partial charge in [0.1, 0.15) is 0 Å². The smallest absolute Gasteiger partial charge is 0.441 e. The molecule has 3 heterocycles. The summed E-state index contributed by atoms with van der Waals surface area (Å²) in [6.07, 6.45) is 0.869. The van der Waals surface area contributed by atoms with Crippen LogP contribution in [0.25, 0.3) is 5.53 Å². The number of carbonyl (C=O) groups is 6. The zero-order chi connectivity index (χ0) is 22.4. The fourth-order valence-corrected chi connectivity index (χ4v) is 3.27. The van der Waals surface area contributed by atoms with E-state index in [0.717, 1.165) is 0 Å². The molecule has 0 aromatic heterocycles. The summed E-state index contributed by atoms with van der Waals surface area (Å²) in [4.78, 5) is 71.0. The van der Waals surface area contributed by atoms with Crippen LogP contribution in [-0.2, 0) is 38.2 Å². The third-order valence-corrected chi connectivity index (χ3v) is 4.68. The second kappa shape index (κ2) is 9.88. The Bertz CT molecular complexity index is 824. The van der Waals surface area contributed by atoms with E-state index in [-0.39, 0.29) is 55.7 Å². The molecule has 0 aromatic carbocycles. The van der Waals surface area contributed by atoms with Gasteiger partial charge in [-0.25, -0.2) is 9.59 Å². The molecule has 3 rings (SSSR count). The van der Waals surface area contributed by atoms with Crippen LogP contribution in [0, 0.1) is 0 Å². The van der Waals surface area contributed by atoms with Crippen molar-refractivity contribution in [3.63, 3.8) is 0 Å². The number of carbonyl (C=O) groups excluding carboxylic acids is 6. The van der Waals surface area contributed by atoms with Gasteiger partial charge < -0.3 is 25.2 Å². The van der Waals surface area contributed by atoms with Gasteiger partial charge in [-0.2, -0.15) is 4.79 Å². The molecule has 3 fully saturated rings. The SMILES string of the molecule is CCOC(=O)C(=[N+]=[N-])C(=O)CC1CC(=O)N1.CCOC(=O)C1C(=O)CC2CC(=O)N21. The molecule has 30 heavy (non-hydrogen) atoms. The second-order valence-electron chi connectivity index (χ2n) is 6.75. The van der Waals surface area contributed by atoms with Crippen LogP contribution in [0.15, 0.2) is 0 Å². The summed E-state index contributed by atoms with van der Waals surface area (Å²) >= 11 is 0. The predicted molar refractivity (Wildman–Crippen MR) is 96.7 cm³/mol. The molecule has 0 aliphatic carbocycles. The molecule has 3 saturated heterocycles. The highest BCUT2D eigenvalue weighted by Gasteiger charge is 2.54. The van der Waals surface area contributed by atoms with Crippen LogP contribution in [0.2, 0.25) is 0 Å². The van der Waals surface area contributed by atoms with E-state index in [1.54, 1.807) is 13.8 Å². The maximum absolute atomic E-state index is 11.5. The molecule has 12 heteroatoms. The number of esters is 2. The predicted octanol–water partition coefficient (Wildman–Crippen LogP) is -1.44. The van der Waals surface area contributed by atoms with E-state index in [1.165, 1.54) is 4.90 Å². The first kappa shape index (κ1) is 22.9. The van der Waals surface area contributed by atoms with Gasteiger partial charge in [-0.3, -0.25) is 19.2 Å².